The van der Waals surface area contributed by atoms with Crippen LogP contribution in [0.2, 0.25) is 0 Å². The Labute approximate surface area is 244 Å². The lowest BCUT2D eigenvalue weighted by Crippen LogP contribution is -2.11. The molecule has 0 aliphatic carbocycles. The molecular formula is C37H27NO2S. The second-order valence-electron chi connectivity index (χ2n) is 10.6. The smallest absolute Gasteiger partial charge is 0.299 e. The Morgan fingerprint density at radius 1 is 0.659 bits per heavy atom. The molecule has 0 fully saturated rings. The Morgan fingerprint density at radius 2 is 1.41 bits per heavy atom. The maximum atomic E-state index is 6.48. The van der Waals surface area contributed by atoms with Crippen molar-refractivity contribution in [3.63, 3.8) is 0 Å². The van der Waals surface area contributed by atoms with E-state index in [0.717, 1.165) is 46.6 Å². The van der Waals surface area contributed by atoms with Gasteiger partial charge in [0.1, 0.15) is 6.26 Å². The Hall–Kier alpha value is -4.67. The van der Waals surface area contributed by atoms with E-state index in [-0.39, 0.29) is 5.25 Å². The van der Waals surface area contributed by atoms with Crippen LogP contribution in [0.4, 0.5) is 17.3 Å². The highest BCUT2D eigenvalue weighted by Gasteiger charge is 2.27. The van der Waals surface area contributed by atoms with Gasteiger partial charge >= 0.3 is 0 Å². The zero-order valence-corrected chi connectivity index (χ0v) is 23.2. The van der Waals surface area contributed by atoms with Gasteiger partial charge in [0, 0.05) is 11.6 Å². The van der Waals surface area contributed by atoms with Crippen LogP contribution in [0.25, 0.3) is 33.1 Å². The van der Waals surface area contributed by atoms with Crippen LogP contribution in [0.15, 0.2) is 136 Å². The van der Waals surface area contributed by atoms with Crippen LogP contribution in [0.5, 0.6) is 0 Å². The Balaban J connectivity index is 1.31. The van der Waals surface area contributed by atoms with Crippen LogP contribution in [0.3, 0.4) is 0 Å². The number of para-hydroxylation sites is 1. The minimum atomic E-state index is -0.121. The lowest BCUT2D eigenvalue weighted by Gasteiger charge is -2.25. The molecule has 0 saturated carbocycles. The summed E-state index contributed by atoms with van der Waals surface area (Å²) in [6.07, 6.45) is 3.68. The first-order valence-corrected chi connectivity index (χ1v) is 14.5. The molecule has 4 heteroatoms. The summed E-state index contributed by atoms with van der Waals surface area (Å²) < 4.78 is 12.5. The fraction of sp³-hybridized carbons (Fsp3) is 0.0811. The molecule has 0 N–H and O–H groups in total. The molecule has 0 radical (unpaired) electrons. The predicted octanol–water partition coefficient (Wildman–Crippen LogP) is 10.4. The first-order valence-electron chi connectivity index (χ1n) is 14.0. The fourth-order valence-electron chi connectivity index (χ4n) is 6.17. The van der Waals surface area contributed by atoms with Gasteiger partial charge in [0.05, 0.1) is 22.0 Å². The van der Waals surface area contributed by atoms with Crippen molar-refractivity contribution in [3.8, 4) is 11.1 Å². The quantitative estimate of drug-likeness (QED) is 0.222. The molecule has 0 saturated heterocycles. The van der Waals surface area contributed by atoms with E-state index in [0.29, 0.717) is 5.78 Å². The number of thiol groups is 1. The van der Waals surface area contributed by atoms with Gasteiger partial charge in [-0.3, -0.25) is 4.90 Å². The second-order valence-corrected chi connectivity index (χ2v) is 11.1. The van der Waals surface area contributed by atoms with Gasteiger partial charge in [-0.1, -0.05) is 103 Å². The molecule has 3 heterocycles. The van der Waals surface area contributed by atoms with Gasteiger partial charge in [-0.05, 0) is 63.6 Å². The summed E-state index contributed by atoms with van der Waals surface area (Å²) in [5.41, 5.74) is 9.35. The molecule has 3 nitrogen and oxygen atoms in total. The molecule has 198 valence electrons. The summed E-state index contributed by atoms with van der Waals surface area (Å²) in [7, 11) is 0. The van der Waals surface area contributed by atoms with E-state index in [1.807, 2.05) is 18.2 Å². The molecule has 0 bridgehead atoms. The zero-order chi connectivity index (χ0) is 27.3. The third kappa shape index (κ3) is 4.06. The number of hydrogen-bond acceptors (Lipinski definition) is 4. The Kier molecular flexibility index (Phi) is 5.75. The van der Waals surface area contributed by atoms with Crippen molar-refractivity contribution in [2.24, 2.45) is 0 Å². The molecular weight excluding hydrogens is 522 g/mol. The molecule has 0 amide bonds. The first kappa shape index (κ1) is 24.2. The third-order valence-corrected chi connectivity index (χ3v) is 8.82. The number of fused-ring (bicyclic) bond motifs is 4. The van der Waals surface area contributed by atoms with Gasteiger partial charge in [0.25, 0.3) is 5.78 Å². The monoisotopic (exact) mass is 549 g/mol. The average molecular weight is 550 g/mol. The summed E-state index contributed by atoms with van der Waals surface area (Å²) >= 11 is 4.96. The van der Waals surface area contributed by atoms with Crippen LogP contribution in [-0.4, -0.2) is 0 Å². The average Bonchev–Trinajstić information content (AvgIpc) is 3.57. The molecule has 41 heavy (non-hydrogen) atoms. The third-order valence-electron chi connectivity index (χ3n) is 8.24. The fourth-order valence-corrected chi connectivity index (χ4v) is 6.54. The number of anilines is 3. The minimum absolute atomic E-state index is 0.121. The number of furan rings is 2. The summed E-state index contributed by atoms with van der Waals surface area (Å²) in [5.74, 6) is 1.25. The topological polar surface area (TPSA) is 29.5 Å². The Bertz CT molecular complexity index is 2030. The van der Waals surface area contributed by atoms with Crippen molar-refractivity contribution >= 4 is 51.8 Å². The molecule has 1 aliphatic rings. The van der Waals surface area contributed by atoms with E-state index in [4.69, 9.17) is 21.5 Å². The van der Waals surface area contributed by atoms with E-state index in [9.17, 15) is 0 Å². The minimum Gasteiger partial charge on any atom is -0.433 e. The second kappa shape index (κ2) is 9.76. The van der Waals surface area contributed by atoms with Gasteiger partial charge in [-0.2, -0.15) is 12.6 Å². The molecule has 5 aromatic carbocycles. The van der Waals surface area contributed by atoms with Crippen LogP contribution < -0.4 is 4.90 Å². The van der Waals surface area contributed by atoms with Crippen molar-refractivity contribution in [1.29, 1.82) is 0 Å². The SMILES string of the molecule is SC(c1ccccc1)c1coc2oc(N3c4ccccc4CCc4ccc(-c5cccc6ccccc56)cc43)cc12. The van der Waals surface area contributed by atoms with Gasteiger partial charge in [0.2, 0.25) is 5.88 Å². The van der Waals surface area contributed by atoms with Crippen molar-refractivity contribution in [1.82, 2.24) is 0 Å². The van der Waals surface area contributed by atoms with Gasteiger partial charge in [-0.25, -0.2) is 0 Å². The van der Waals surface area contributed by atoms with Crippen LogP contribution in [0, 0.1) is 0 Å². The molecule has 1 aliphatic heterocycles. The van der Waals surface area contributed by atoms with E-state index < -0.39 is 0 Å². The number of aryl methyl sites for hydroxylation is 2. The summed E-state index contributed by atoms with van der Waals surface area (Å²) in [5, 5.41) is 3.30. The van der Waals surface area contributed by atoms with Crippen LogP contribution in [0.1, 0.15) is 27.5 Å². The highest BCUT2D eigenvalue weighted by molar-refractivity contribution is 7.80. The Morgan fingerprint density at radius 3 is 2.32 bits per heavy atom. The molecule has 1 unspecified atom stereocenters. The molecule has 8 rings (SSSR count). The highest BCUT2D eigenvalue weighted by atomic mass is 32.1. The first-order chi connectivity index (χ1) is 20.2. The number of nitrogens with zero attached hydrogens (tertiary/aromatic N) is 1. The molecule has 2 aromatic heterocycles. The number of benzene rings is 5. The van der Waals surface area contributed by atoms with Crippen molar-refractivity contribution in [2.45, 2.75) is 18.1 Å². The lowest BCUT2D eigenvalue weighted by molar-refractivity contribution is 0.481. The summed E-state index contributed by atoms with van der Waals surface area (Å²) in [6, 6.07) is 43.0. The normalized spacial score (nSPS) is 13.6. The van der Waals surface area contributed by atoms with E-state index in [1.165, 1.54) is 33.0 Å². The summed E-state index contributed by atoms with van der Waals surface area (Å²) in [6.45, 7) is 0. The van der Waals surface area contributed by atoms with Crippen molar-refractivity contribution in [2.75, 3.05) is 4.90 Å². The van der Waals surface area contributed by atoms with E-state index in [1.54, 1.807) is 6.26 Å². The van der Waals surface area contributed by atoms with Crippen molar-refractivity contribution < 1.29 is 8.83 Å². The molecule has 0 spiro atoms. The number of hydrogen-bond donors (Lipinski definition) is 1. The zero-order valence-electron chi connectivity index (χ0n) is 22.3. The highest BCUT2D eigenvalue weighted by Crippen LogP contribution is 2.47. The predicted molar refractivity (Wildman–Crippen MR) is 171 cm³/mol. The van der Waals surface area contributed by atoms with E-state index >= 15 is 0 Å². The van der Waals surface area contributed by atoms with Gasteiger partial charge in [0.15, 0.2) is 0 Å². The van der Waals surface area contributed by atoms with Crippen LogP contribution in [-0.2, 0) is 12.8 Å². The molecule has 1 atom stereocenters. The van der Waals surface area contributed by atoms with Gasteiger partial charge < -0.3 is 8.83 Å². The van der Waals surface area contributed by atoms with Crippen LogP contribution >= 0.6 is 12.6 Å². The largest absolute Gasteiger partial charge is 0.433 e. The maximum absolute atomic E-state index is 6.48. The maximum Gasteiger partial charge on any atom is 0.299 e. The molecule has 7 aromatic rings. The lowest BCUT2D eigenvalue weighted by atomic mass is 9.95. The summed E-state index contributed by atoms with van der Waals surface area (Å²) in [4.78, 5) is 2.27. The van der Waals surface area contributed by atoms with E-state index in [2.05, 4.69) is 108 Å². The number of rotatable bonds is 4. The van der Waals surface area contributed by atoms with Crippen molar-refractivity contribution in [3.05, 3.63) is 150 Å². The van der Waals surface area contributed by atoms with Gasteiger partial charge in [-0.15, -0.1) is 0 Å². The standard InChI is InChI=1S/C37H27NO2S/c41-36(27-11-2-1-3-12-27)32-23-39-37-31(32)22-35(40-37)38-33-16-7-5-10-25(33)17-18-26-19-20-28(21-34(26)38)30-15-8-13-24-9-4-6-14-29(24)30/h1-16,19-23,36,41H,17-18H2.